The van der Waals surface area contributed by atoms with Crippen LogP contribution in [0.25, 0.3) is 0 Å². The van der Waals surface area contributed by atoms with Gasteiger partial charge in [0.25, 0.3) is 0 Å². The summed E-state index contributed by atoms with van der Waals surface area (Å²) in [6.45, 7) is 8.66. The molecule has 4 heteroatoms. The Hall–Kier alpha value is -0.580. The summed E-state index contributed by atoms with van der Waals surface area (Å²) in [5.74, 6) is 0.890. The third kappa shape index (κ3) is 10.3. The highest BCUT2D eigenvalue weighted by Gasteiger charge is 2.16. The number of hydrogen-bond donors (Lipinski definition) is 1. The first-order chi connectivity index (χ1) is 8.02. The van der Waals surface area contributed by atoms with Gasteiger partial charge in [-0.3, -0.25) is 0 Å². The van der Waals surface area contributed by atoms with Crippen molar-refractivity contribution >= 4 is 0 Å². The molecule has 0 aliphatic rings. The van der Waals surface area contributed by atoms with Crippen LogP contribution < -0.4 is 5.73 Å². The van der Waals surface area contributed by atoms with E-state index in [0.29, 0.717) is 26.4 Å². The highest BCUT2D eigenvalue weighted by atomic mass is 16.5. The van der Waals surface area contributed by atoms with Gasteiger partial charge in [-0.05, 0) is 46.2 Å². The minimum absolute atomic E-state index is 0.163. The lowest BCUT2D eigenvalue weighted by Gasteiger charge is -2.24. The smallest absolute Gasteiger partial charge is 0.0911 e. The number of allylic oxidation sites excluding steroid dienone is 1. The molecule has 4 nitrogen and oxygen atoms in total. The minimum Gasteiger partial charge on any atom is -0.498 e. The topological polar surface area (TPSA) is 53.7 Å². The lowest BCUT2D eigenvalue weighted by molar-refractivity contribution is -0.0233. The van der Waals surface area contributed by atoms with Crippen LogP contribution in [0.2, 0.25) is 0 Å². The predicted molar refractivity (Wildman–Crippen MR) is 69.9 cm³/mol. The van der Waals surface area contributed by atoms with Gasteiger partial charge < -0.3 is 19.9 Å². The Bertz CT molecular complexity index is 215. The number of hydrogen-bond acceptors (Lipinski definition) is 4. The number of nitrogens with two attached hydrogens (primary N) is 1. The van der Waals surface area contributed by atoms with E-state index in [0.717, 1.165) is 18.6 Å². The largest absolute Gasteiger partial charge is 0.498 e. The van der Waals surface area contributed by atoms with E-state index >= 15 is 0 Å². The van der Waals surface area contributed by atoms with E-state index in [1.165, 1.54) is 0 Å². The number of methoxy groups -OCH3 is 1. The molecule has 102 valence electrons. The van der Waals surface area contributed by atoms with Crippen LogP contribution in [0.5, 0.6) is 0 Å². The van der Waals surface area contributed by atoms with Crippen LogP contribution in [0, 0.1) is 0 Å². The van der Waals surface area contributed by atoms with E-state index in [4.69, 9.17) is 19.9 Å². The SMILES string of the molecule is COCCC(C)(C)OC/C=C(\C)OCCCN. The van der Waals surface area contributed by atoms with Gasteiger partial charge in [-0.1, -0.05) is 0 Å². The molecule has 0 saturated heterocycles. The fraction of sp³-hybridized carbons (Fsp3) is 0.846. The summed E-state index contributed by atoms with van der Waals surface area (Å²) in [6.07, 6.45) is 3.71. The average Bonchev–Trinajstić information content (AvgIpc) is 2.26. The summed E-state index contributed by atoms with van der Waals surface area (Å²) in [5.41, 5.74) is 5.22. The van der Waals surface area contributed by atoms with Crippen molar-refractivity contribution in [2.75, 3.05) is 33.5 Å². The maximum Gasteiger partial charge on any atom is 0.0911 e. The molecule has 0 amide bonds. The zero-order valence-electron chi connectivity index (χ0n) is 11.6. The molecule has 0 aromatic carbocycles. The molecule has 0 aliphatic heterocycles. The van der Waals surface area contributed by atoms with Gasteiger partial charge in [0.05, 0.1) is 24.6 Å². The Morgan fingerprint density at radius 1 is 1.29 bits per heavy atom. The summed E-state index contributed by atoms with van der Waals surface area (Å²) < 4.78 is 16.2. The van der Waals surface area contributed by atoms with E-state index in [9.17, 15) is 0 Å². The van der Waals surface area contributed by atoms with Crippen molar-refractivity contribution in [3.8, 4) is 0 Å². The molecule has 2 N–H and O–H groups in total. The Kier molecular flexibility index (Phi) is 9.13. The molecule has 0 aliphatic carbocycles. The van der Waals surface area contributed by atoms with Gasteiger partial charge in [0.1, 0.15) is 0 Å². The van der Waals surface area contributed by atoms with Crippen LogP contribution in [0.1, 0.15) is 33.6 Å². The monoisotopic (exact) mass is 245 g/mol. The Morgan fingerprint density at radius 3 is 2.59 bits per heavy atom. The molecule has 0 heterocycles. The second-order valence-corrected chi connectivity index (χ2v) is 4.62. The van der Waals surface area contributed by atoms with Crippen molar-refractivity contribution in [1.29, 1.82) is 0 Å². The Morgan fingerprint density at radius 2 is 2.00 bits per heavy atom. The summed E-state index contributed by atoms with van der Waals surface area (Å²) in [7, 11) is 1.70. The maximum atomic E-state index is 5.75. The van der Waals surface area contributed by atoms with Crippen molar-refractivity contribution in [2.45, 2.75) is 39.2 Å². The molecule has 0 radical (unpaired) electrons. The first-order valence-corrected chi connectivity index (χ1v) is 6.14. The van der Waals surface area contributed by atoms with Gasteiger partial charge in [0.2, 0.25) is 0 Å². The first kappa shape index (κ1) is 16.4. The molecule has 17 heavy (non-hydrogen) atoms. The van der Waals surface area contributed by atoms with Gasteiger partial charge in [-0.2, -0.15) is 0 Å². The van der Waals surface area contributed by atoms with Gasteiger partial charge in [-0.15, -0.1) is 0 Å². The zero-order chi connectivity index (χ0) is 13.1. The van der Waals surface area contributed by atoms with Crippen LogP contribution in [0.4, 0.5) is 0 Å². The molecule has 0 bridgehead atoms. The van der Waals surface area contributed by atoms with Gasteiger partial charge in [-0.25, -0.2) is 0 Å². The molecular formula is C13H27NO3. The lowest BCUT2D eigenvalue weighted by atomic mass is 10.1. The highest BCUT2D eigenvalue weighted by Crippen LogP contribution is 2.14. The van der Waals surface area contributed by atoms with Gasteiger partial charge >= 0.3 is 0 Å². The minimum atomic E-state index is -0.163. The Labute approximate surface area is 105 Å². The summed E-state index contributed by atoms with van der Waals surface area (Å²) in [4.78, 5) is 0. The number of ether oxygens (including phenoxy) is 3. The summed E-state index contributed by atoms with van der Waals surface area (Å²) in [6, 6.07) is 0. The van der Waals surface area contributed by atoms with Crippen molar-refractivity contribution in [2.24, 2.45) is 5.73 Å². The third-order valence-corrected chi connectivity index (χ3v) is 2.43. The van der Waals surface area contributed by atoms with Crippen molar-refractivity contribution in [3.05, 3.63) is 11.8 Å². The second kappa shape index (κ2) is 9.45. The molecular weight excluding hydrogens is 218 g/mol. The van der Waals surface area contributed by atoms with E-state index < -0.39 is 0 Å². The fourth-order valence-corrected chi connectivity index (χ4v) is 1.18. The molecule has 0 saturated carbocycles. The fourth-order valence-electron chi connectivity index (χ4n) is 1.18. The van der Waals surface area contributed by atoms with Crippen LogP contribution in [-0.4, -0.2) is 39.1 Å². The molecule has 0 rings (SSSR count). The molecule has 0 spiro atoms. The second-order valence-electron chi connectivity index (χ2n) is 4.62. The standard InChI is InChI=1S/C13H27NO3/c1-12(16-9-5-8-14)6-10-17-13(2,3)7-11-15-4/h6H,5,7-11,14H2,1-4H3/b12-6+. The van der Waals surface area contributed by atoms with Gasteiger partial charge in [0, 0.05) is 13.7 Å². The quantitative estimate of drug-likeness (QED) is 0.473. The molecule has 0 fully saturated rings. The first-order valence-electron chi connectivity index (χ1n) is 6.14. The van der Waals surface area contributed by atoms with E-state index in [1.54, 1.807) is 7.11 Å². The molecule has 0 atom stereocenters. The van der Waals surface area contributed by atoms with Crippen LogP contribution in [-0.2, 0) is 14.2 Å². The van der Waals surface area contributed by atoms with Crippen LogP contribution in [0.15, 0.2) is 11.8 Å². The predicted octanol–water partition coefficient (Wildman–Crippen LogP) is 2.09. The lowest BCUT2D eigenvalue weighted by Crippen LogP contribution is -2.26. The zero-order valence-corrected chi connectivity index (χ0v) is 11.6. The van der Waals surface area contributed by atoms with Crippen molar-refractivity contribution in [1.82, 2.24) is 0 Å². The van der Waals surface area contributed by atoms with Crippen LogP contribution in [0.3, 0.4) is 0 Å². The summed E-state index contributed by atoms with van der Waals surface area (Å²) >= 11 is 0. The van der Waals surface area contributed by atoms with E-state index in [2.05, 4.69) is 13.8 Å². The van der Waals surface area contributed by atoms with Crippen LogP contribution >= 0.6 is 0 Å². The molecule has 0 aromatic heterocycles. The highest BCUT2D eigenvalue weighted by molar-refractivity contribution is 4.89. The van der Waals surface area contributed by atoms with Crippen molar-refractivity contribution < 1.29 is 14.2 Å². The molecule has 0 aromatic rings. The van der Waals surface area contributed by atoms with E-state index in [1.807, 2.05) is 13.0 Å². The third-order valence-electron chi connectivity index (χ3n) is 2.43. The average molecular weight is 245 g/mol. The van der Waals surface area contributed by atoms with Gasteiger partial charge in [0.15, 0.2) is 0 Å². The summed E-state index contributed by atoms with van der Waals surface area (Å²) in [5, 5.41) is 0. The normalized spacial score (nSPS) is 12.9. The maximum absolute atomic E-state index is 5.75. The van der Waals surface area contributed by atoms with E-state index in [-0.39, 0.29) is 5.60 Å². The van der Waals surface area contributed by atoms with Crippen molar-refractivity contribution in [3.63, 3.8) is 0 Å². The number of rotatable bonds is 10. The molecule has 0 unspecified atom stereocenters. The Balaban J connectivity index is 3.74.